The highest BCUT2D eigenvalue weighted by Crippen LogP contribution is 2.39. The van der Waals surface area contributed by atoms with Crippen molar-refractivity contribution in [1.29, 1.82) is 0 Å². The van der Waals surface area contributed by atoms with Crippen LogP contribution < -0.4 is 4.74 Å². The Labute approximate surface area is 172 Å². The number of ether oxygens (including phenoxy) is 2. The van der Waals surface area contributed by atoms with Gasteiger partial charge in [0.25, 0.3) is 0 Å². The number of esters is 1. The molecule has 156 valence electrons. The van der Waals surface area contributed by atoms with Crippen molar-refractivity contribution in [1.82, 2.24) is 0 Å². The van der Waals surface area contributed by atoms with Gasteiger partial charge >= 0.3 is 5.97 Å². The molecule has 0 bridgehead atoms. The Bertz CT molecular complexity index is 633. The van der Waals surface area contributed by atoms with Crippen molar-refractivity contribution < 1.29 is 24.5 Å². The van der Waals surface area contributed by atoms with Crippen LogP contribution in [-0.2, 0) is 16.1 Å². The highest BCUT2D eigenvalue weighted by atomic mass is 35.5. The molecule has 0 aliphatic heterocycles. The third kappa shape index (κ3) is 7.12. The predicted octanol–water partition coefficient (Wildman–Crippen LogP) is 3.84. The van der Waals surface area contributed by atoms with Crippen LogP contribution in [0.2, 0.25) is 0 Å². The Morgan fingerprint density at radius 2 is 2.14 bits per heavy atom. The average Bonchev–Trinajstić information content (AvgIpc) is 2.95. The zero-order valence-electron chi connectivity index (χ0n) is 16.4. The third-order valence-electron chi connectivity index (χ3n) is 5.13. The van der Waals surface area contributed by atoms with Crippen LogP contribution in [0.5, 0.6) is 5.75 Å². The molecule has 0 aromatic heterocycles. The summed E-state index contributed by atoms with van der Waals surface area (Å²) in [5, 5.41) is 19.5. The third-order valence-corrected chi connectivity index (χ3v) is 5.63. The van der Waals surface area contributed by atoms with E-state index in [2.05, 4.69) is 12.2 Å². The van der Waals surface area contributed by atoms with Gasteiger partial charge in [0, 0.05) is 17.7 Å². The fourth-order valence-electron chi connectivity index (χ4n) is 3.59. The van der Waals surface area contributed by atoms with Gasteiger partial charge in [0.2, 0.25) is 0 Å². The lowest BCUT2D eigenvalue weighted by molar-refractivity contribution is -0.143. The first-order valence-electron chi connectivity index (χ1n) is 10.0. The highest BCUT2D eigenvalue weighted by Gasteiger charge is 2.41. The second kappa shape index (κ2) is 12.1. The SMILES string of the molecule is CCOC(=O)CCC/C=C\C[C@@H]1[C@@H](COc2cccc(CO)c2)[C@H](O)C[C@H]1Cl. The Hall–Kier alpha value is -1.56. The van der Waals surface area contributed by atoms with Crippen LogP contribution in [-0.4, -0.2) is 40.9 Å². The Morgan fingerprint density at radius 3 is 2.89 bits per heavy atom. The van der Waals surface area contributed by atoms with Gasteiger partial charge in [-0.2, -0.15) is 0 Å². The van der Waals surface area contributed by atoms with Crippen LogP contribution in [0.4, 0.5) is 0 Å². The van der Waals surface area contributed by atoms with E-state index in [0.717, 1.165) is 24.8 Å². The maximum Gasteiger partial charge on any atom is 0.305 e. The first-order chi connectivity index (χ1) is 13.5. The van der Waals surface area contributed by atoms with Crippen molar-refractivity contribution in [3.05, 3.63) is 42.0 Å². The molecule has 1 aliphatic rings. The molecule has 0 radical (unpaired) electrons. The Morgan fingerprint density at radius 1 is 1.32 bits per heavy atom. The summed E-state index contributed by atoms with van der Waals surface area (Å²) in [6.45, 7) is 2.58. The van der Waals surface area contributed by atoms with Crippen molar-refractivity contribution >= 4 is 17.6 Å². The van der Waals surface area contributed by atoms with Crippen LogP contribution in [0.3, 0.4) is 0 Å². The number of hydrogen-bond donors (Lipinski definition) is 2. The van der Waals surface area contributed by atoms with E-state index in [1.165, 1.54) is 0 Å². The maximum absolute atomic E-state index is 11.3. The fraction of sp³-hybridized carbons (Fsp3) is 0.591. The summed E-state index contributed by atoms with van der Waals surface area (Å²) in [4.78, 5) is 11.3. The lowest BCUT2D eigenvalue weighted by atomic mass is 9.92. The number of hydrogen-bond acceptors (Lipinski definition) is 5. The summed E-state index contributed by atoms with van der Waals surface area (Å²) in [5.41, 5.74) is 0.794. The van der Waals surface area contributed by atoms with Crippen LogP contribution in [0.15, 0.2) is 36.4 Å². The van der Waals surface area contributed by atoms with Crippen molar-refractivity contribution in [2.24, 2.45) is 11.8 Å². The van der Waals surface area contributed by atoms with E-state index in [0.29, 0.717) is 31.8 Å². The molecular weight excluding hydrogens is 380 g/mol. The first-order valence-corrected chi connectivity index (χ1v) is 10.4. The number of benzene rings is 1. The Balaban J connectivity index is 1.80. The van der Waals surface area contributed by atoms with Crippen LogP contribution >= 0.6 is 11.6 Å². The summed E-state index contributed by atoms with van der Waals surface area (Å²) in [7, 11) is 0. The molecule has 1 aromatic carbocycles. The van der Waals surface area contributed by atoms with Gasteiger partial charge in [0.05, 0.1) is 25.9 Å². The molecular formula is C22H31ClO5. The second-order valence-corrected chi connectivity index (χ2v) is 7.73. The number of carbonyl (C=O) groups is 1. The molecule has 0 unspecified atom stereocenters. The maximum atomic E-state index is 11.3. The average molecular weight is 411 g/mol. The topological polar surface area (TPSA) is 76.0 Å². The van der Waals surface area contributed by atoms with Crippen LogP contribution in [0.1, 0.15) is 44.6 Å². The molecule has 4 atom stereocenters. The fourth-order valence-corrected chi connectivity index (χ4v) is 4.06. The van der Waals surface area contributed by atoms with Crippen molar-refractivity contribution in [2.45, 2.75) is 57.1 Å². The summed E-state index contributed by atoms with van der Waals surface area (Å²) in [6.07, 6.45) is 7.02. The molecule has 2 rings (SSSR count). The smallest absolute Gasteiger partial charge is 0.305 e. The van der Waals surface area contributed by atoms with Gasteiger partial charge in [-0.25, -0.2) is 0 Å². The molecule has 0 spiro atoms. The van der Waals surface area contributed by atoms with Gasteiger partial charge in [-0.15, -0.1) is 11.6 Å². The van der Waals surface area contributed by atoms with Crippen LogP contribution in [0.25, 0.3) is 0 Å². The second-order valence-electron chi connectivity index (χ2n) is 7.17. The molecule has 0 heterocycles. The summed E-state index contributed by atoms with van der Waals surface area (Å²) in [6, 6.07) is 7.32. The zero-order chi connectivity index (χ0) is 20.4. The quantitative estimate of drug-likeness (QED) is 0.251. The van der Waals surface area contributed by atoms with Gasteiger partial charge in [-0.3, -0.25) is 4.79 Å². The van der Waals surface area contributed by atoms with E-state index in [1.807, 2.05) is 18.2 Å². The van der Waals surface area contributed by atoms with E-state index >= 15 is 0 Å². The number of carbonyl (C=O) groups excluding carboxylic acids is 1. The molecule has 1 aliphatic carbocycles. The van der Waals surface area contributed by atoms with E-state index in [9.17, 15) is 15.0 Å². The molecule has 0 saturated heterocycles. The van der Waals surface area contributed by atoms with Gasteiger partial charge < -0.3 is 19.7 Å². The molecule has 28 heavy (non-hydrogen) atoms. The van der Waals surface area contributed by atoms with Gasteiger partial charge in [-0.1, -0.05) is 24.3 Å². The largest absolute Gasteiger partial charge is 0.493 e. The number of allylic oxidation sites excluding steroid dienone is 2. The number of unbranched alkanes of at least 4 members (excludes halogenated alkanes) is 1. The van der Waals surface area contributed by atoms with E-state index in [4.69, 9.17) is 21.1 Å². The molecule has 5 nitrogen and oxygen atoms in total. The summed E-state index contributed by atoms with van der Waals surface area (Å²) in [5.74, 6) is 0.631. The van der Waals surface area contributed by atoms with Gasteiger partial charge in [0.15, 0.2) is 0 Å². The van der Waals surface area contributed by atoms with E-state index in [-0.39, 0.29) is 29.8 Å². The molecule has 1 saturated carbocycles. The lowest BCUT2D eigenvalue weighted by Gasteiger charge is -2.22. The van der Waals surface area contributed by atoms with Crippen molar-refractivity contribution in [3.63, 3.8) is 0 Å². The lowest BCUT2D eigenvalue weighted by Crippen LogP contribution is -2.27. The number of aliphatic hydroxyl groups is 2. The van der Waals surface area contributed by atoms with Crippen molar-refractivity contribution in [2.75, 3.05) is 13.2 Å². The standard InChI is InChI=1S/C22H31ClO5/c1-2-27-22(26)11-6-4-3-5-10-18-19(21(25)13-20(18)23)15-28-17-9-7-8-16(12-17)14-24/h3,5,7-9,12,18-21,24-25H,2,4,6,10-11,13-15H2,1H3/b5-3-/t18-,19-,20-,21-/m1/s1. The molecule has 1 aromatic rings. The minimum Gasteiger partial charge on any atom is -0.493 e. The van der Waals surface area contributed by atoms with E-state index < -0.39 is 6.10 Å². The summed E-state index contributed by atoms with van der Waals surface area (Å²) >= 11 is 6.47. The number of aliphatic hydroxyl groups excluding tert-OH is 2. The minimum absolute atomic E-state index is 0.0312. The van der Waals surface area contributed by atoms with Gasteiger partial charge in [-0.05, 0) is 56.2 Å². The zero-order valence-corrected chi connectivity index (χ0v) is 17.2. The minimum atomic E-state index is -0.481. The van der Waals surface area contributed by atoms with Crippen molar-refractivity contribution in [3.8, 4) is 5.75 Å². The van der Waals surface area contributed by atoms with Crippen LogP contribution in [0, 0.1) is 11.8 Å². The van der Waals surface area contributed by atoms with Gasteiger partial charge in [0.1, 0.15) is 5.75 Å². The Kier molecular flexibility index (Phi) is 9.82. The normalized spacial score (nSPS) is 24.6. The highest BCUT2D eigenvalue weighted by molar-refractivity contribution is 6.21. The number of halogens is 1. The molecule has 2 N–H and O–H groups in total. The molecule has 0 amide bonds. The molecule has 6 heteroatoms. The number of rotatable bonds is 11. The monoisotopic (exact) mass is 410 g/mol. The van der Waals surface area contributed by atoms with E-state index in [1.54, 1.807) is 13.0 Å². The first kappa shape index (κ1) is 22.7. The molecule has 1 fully saturated rings. The summed E-state index contributed by atoms with van der Waals surface area (Å²) < 4.78 is 10.8. The number of alkyl halides is 1. The predicted molar refractivity (Wildman–Crippen MR) is 109 cm³/mol.